The predicted octanol–water partition coefficient (Wildman–Crippen LogP) is 6.74. The third-order valence-electron chi connectivity index (χ3n) is 6.01. The van der Waals surface area contributed by atoms with Gasteiger partial charge in [-0.05, 0) is 49.7 Å². The fourth-order valence-electron chi connectivity index (χ4n) is 4.01. The molecule has 35 heavy (non-hydrogen) atoms. The molecular formula is C29H27FO3S2. The molecule has 3 nitrogen and oxygen atoms in total. The topological polar surface area (TPSA) is 51.2 Å². The van der Waals surface area contributed by atoms with Crippen LogP contribution in [0, 0.1) is 13.8 Å². The van der Waals surface area contributed by atoms with Crippen molar-refractivity contribution in [3.8, 4) is 0 Å². The van der Waals surface area contributed by atoms with Crippen LogP contribution < -0.4 is 0 Å². The summed E-state index contributed by atoms with van der Waals surface area (Å²) in [5, 5.41) is 0. The minimum Gasteiger partial charge on any atom is -0.249 e. The lowest BCUT2D eigenvalue weighted by Crippen LogP contribution is -2.20. The Hall–Kier alpha value is -3.09. The number of aryl methyl sites for hydroxylation is 2. The lowest BCUT2D eigenvalue weighted by atomic mass is 9.91. The van der Waals surface area contributed by atoms with Crippen LogP contribution in [0.5, 0.6) is 0 Å². The van der Waals surface area contributed by atoms with Gasteiger partial charge in [-0.1, -0.05) is 83.9 Å². The van der Waals surface area contributed by atoms with E-state index in [1.54, 1.807) is 66.7 Å². The molecule has 0 N–H and O–H groups in total. The van der Waals surface area contributed by atoms with Gasteiger partial charge in [-0.2, -0.15) is 0 Å². The van der Waals surface area contributed by atoms with Crippen molar-refractivity contribution in [1.82, 2.24) is 0 Å². The van der Waals surface area contributed by atoms with Crippen molar-refractivity contribution in [2.45, 2.75) is 40.6 Å². The number of benzene rings is 4. The van der Waals surface area contributed by atoms with Gasteiger partial charge in [-0.15, -0.1) is 0 Å². The van der Waals surface area contributed by atoms with Crippen LogP contribution >= 0.6 is 0 Å². The van der Waals surface area contributed by atoms with Crippen LogP contribution in [0.4, 0.5) is 4.39 Å². The van der Waals surface area contributed by atoms with E-state index < -0.39 is 38.5 Å². The van der Waals surface area contributed by atoms with Crippen molar-refractivity contribution in [2.24, 2.45) is 0 Å². The lowest BCUT2D eigenvalue weighted by Gasteiger charge is -2.24. The maximum absolute atomic E-state index is 16.4. The van der Waals surface area contributed by atoms with Gasteiger partial charge in [-0.25, -0.2) is 17.0 Å². The third-order valence-corrected chi connectivity index (χ3v) is 9.27. The molecule has 0 aromatic heterocycles. The number of rotatable bonds is 8. The zero-order valence-electron chi connectivity index (χ0n) is 19.6. The van der Waals surface area contributed by atoms with Gasteiger partial charge in [0, 0.05) is 21.3 Å². The Bertz CT molecular complexity index is 1420. The second-order valence-electron chi connectivity index (χ2n) is 8.63. The highest BCUT2D eigenvalue weighted by molar-refractivity contribution is 7.91. The number of hydrogen-bond acceptors (Lipinski definition) is 3. The smallest absolute Gasteiger partial charge is 0.179 e. The summed E-state index contributed by atoms with van der Waals surface area (Å²) >= 11 is 0. The second-order valence-corrected chi connectivity index (χ2v) is 12.1. The zero-order chi connectivity index (χ0) is 25.0. The third kappa shape index (κ3) is 5.77. The first-order chi connectivity index (χ1) is 16.8. The maximum atomic E-state index is 16.4. The largest absolute Gasteiger partial charge is 0.249 e. The molecule has 180 valence electrons. The summed E-state index contributed by atoms with van der Waals surface area (Å²) < 4.78 is 56.4. The van der Waals surface area contributed by atoms with Crippen LogP contribution in [-0.2, 0) is 20.6 Å². The van der Waals surface area contributed by atoms with Crippen molar-refractivity contribution in [1.29, 1.82) is 0 Å². The Morgan fingerprint density at radius 1 is 0.743 bits per heavy atom. The molecule has 0 bridgehead atoms. The van der Waals surface area contributed by atoms with Gasteiger partial charge in [0.05, 0.1) is 21.4 Å². The Kier molecular flexibility index (Phi) is 7.63. The molecule has 4 rings (SSSR count). The molecule has 1 unspecified atom stereocenters. The van der Waals surface area contributed by atoms with Crippen LogP contribution in [0.3, 0.4) is 0 Å². The van der Waals surface area contributed by atoms with E-state index in [1.165, 1.54) is 12.1 Å². The van der Waals surface area contributed by atoms with E-state index in [0.717, 1.165) is 11.1 Å². The fraction of sp³-hybridized carbons (Fsp3) is 0.172. The molecule has 0 heterocycles. The number of halogens is 1. The van der Waals surface area contributed by atoms with Gasteiger partial charge in [0.15, 0.2) is 9.84 Å². The van der Waals surface area contributed by atoms with Crippen LogP contribution in [0.15, 0.2) is 118 Å². The second kappa shape index (κ2) is 10.7. The van der Waals surface area contributed by atoms with Crippen molar-refractivity contribution in [2.75, 3.05) is 5.75 Å². The summed E-state index contributed by atoms with van der Waals surface area (Å²) in [7, 11) is -5.39. The maximum Gasteiger partial charge on any atom is 0.179 e. The molecule has 0 saturated heterocycles. The molecule has 0 aliphatic heterocycles. The van der Waals surface area contributed by atoms with Crippen molar-refractivity contribution in [3.63, 3.8) is 0 Å². The van der Waals surface area contributed by atoms with Crippen LogP contribution in [-0.4, -0.2) is 18.4 Å². The monoisotopic (exact) mass is 506 g/mol. The van der Waals surface area contributed by atoms with Gasteiger partial charge < -0.3 is 0 Å². The van der Waals surface area contributed by atoms with E-state index in [1.807, 2.05) is 38.1 Å². The summed E-state index contributed by atoms with van der Waals surface area (Å²) in [6.45, 7) is 3.87. The Morgan fingerprint density at radius 3 is 1.91 bits per heavy atom. The first-order valence-corrected chi connectivity index (χ1v) is 14.1. The van der Waals surface area contributed by atoms with E-state index in [2.05, 4.69) is 0 Å². The lowest BCUT2D eigenvalue weighted by molar-refractivity contribution is 0.295. The number of alkyl halides is 1. The van der Waals surface area contributed by atoms with E-state index in [9.17, 15) is 12.6 Å². The normalized spacial score (nSPS) is 14.3. The van der Waals surface area contributed by atoms with E-state index in [-0.39, 0.29) is 10.5 Å². The highest BCUT2D eigenvalue weighted by Crippen LogP contribution is 2.39. The summed E-state index contributed by atoms with van der Waals surface area (Å²) in [5.41, 5.74) is 2.85. The Balaban J connectivity index is 1.77. The molecule has 0 fully saturated rings. The molecule has 0 aliphatic rings. The molecular weight excluding hydrogens is 479 g/mol. The van der Waals surface area contributed by atoms with Gasteiger partial charge in [0.2, 0.25) is 0 Å². The predicted molar refractivity (Wildman–Crippen MR) is 139 cm³/mol. The van der Waals surface area contributed by atoms with Crippen LogP contribution in [0.2, 0.25) is 0 Å². The van der Waals surface area contributed by atoms with E-state index in [0.29, 0.717) is 15.4 Å². The van der Waals surface area contributed by atoms with Crippen molar-refractivity contribution < 1.29 is 17.0 Å². The van der Waals surface area contributed by atoms with E-state index in [4.69, 9.17) is 0 Å². The molecule has 0 aliphatic carbocycles. The highest BCUT2D eigenvalue weighted by Gasteiger charge is 2.33. The number of hydrogen-bond donors (Lipinski definition) is 0. The van der Waals surface area contributed by atoms with Crippen LogP contribution in [0.1, 0.15) is 34.3 Å². The first kappa shape index (κ1) is 25.0. The molecule has 0 amide bonds. The van der Waals surface area contributed by atoms with E-state index >= 15 is 4.39 Å². The zero-order valence-corrected chi connectivity index (χ0v) is 21.2. The molecule has 0 spiro atoms. The van der Waals surface area contributed by atoms with Gasteiger partial charge in [-0.3, -0.25) is 0 Å². The van der Waals surface area contributed by atoms with Crippen LogP contribution in [0.25, 0.3) is 0 Å². The van der Waals surface area contributed by atoms with Crippen molar-refractivity contribution >= 4 is 20.6 Å². The average molecular weight is 507 g/mol. The summed E-state index contributed by atoms with van der Waals surface area (Å²) in [6.07, 6.45) is -1.68. The quantitative estimate of drug-likeness (QED) is 0.266. The summed E-state index contributed by atoms with van der Waals surface area (Å²) in [6, 6.07) is 29.3. The summed E-state index contributed by atoms with van der Waals surface area (Å²) in [5.74, 6) is -1.39. The minimum atomic E-state index is -3.78. The molecule has 3 atom stereocenters. The van der Waals surface area contributed by atoms with Gasteiger partial charge in [0.25, 0.3) is 0 Å². The molecule has 4 aromatic carbocycles. The average Bonchev–Trinajstić information content (AvgIpc) is 2.88. The standard InChI is InChI=1S/C29H27FO3S2/c1-21-12-16-23(17-13-21)27(20-35(32,33)25-8-4-3-5-9-25)29(30)26-10-6-7-11-28(26)34(31)24-18-14-22(2)15-19-24/h3-19,27,29H,20H2,1-2H3/t27-,29+,34?/m1/s1. The van der Waals surface area contributed by atoms with Crippen molar-refractivity contribution in [3.05, 3.63) is 125 Å². The minimum absolute atomic E-state index is 0.154. The Morgan fingerprint density at radius 2 is 1.29 bits per heavy atom. The Labute approximate surface area is 209 Å². The molecule has 0 saturated carbocycles. The van der Waals surface area contributed by atoms with Gasteiger partial charge in [0.1, 0.15) is 6.17 Å². The first-order valence-electron chi connectivity index (χ1n) is 11.3. The SMILES string of the molecule is Cc1ccc([C@@H](CS(=O)(=O)c2ccccc2)[C@@H](F)c2ccccc2S(=O)c2ccc(C)cc2)cc1. The number of sulfone groups is 1. The fourth-order valence-corrected chi connectivity index (χ4v) is 6.84. The molecule has 4 aromatic rings. The highest BCUT2D eigenvalue weighted by atomic mass is 32.2. The molecule has 6 heteroatoms. The summed E-state index contributed by atoms with van der Waals surface area (Å²) in [4.78, 5) is 1.07. The van der Waals surface area contributed by atoms with Gasteiger partial charge >= 0.3 is 0 Å². The molecule has 0 radical (unpaired) electrons.